The fraction of sp³-hybridized carbons (Fsp3) is 0.333. The molecule has 1 N–H and O–H groups in total. The summed E-state index contributed by atoms with van der Waals surface area (Å²) in [5.41, 5.74) is 3.38. The number of halogens is 3. The minimum absolute atomic E-state index is 0.261. The van der Waals surface area contributed by atoms with Crippen LogP contribution in [0, 0.1) is 0 Å². The molecule has 1 aliphatic heterocycles. The average Bonchev–Trinajstić information content (AvgIpc) is 2.81. The Morgan fingerprint density at radius 2 is 1.93 bits per heavy atom. The molecule has 2 heterocycles. The summed E-state index contributed by atoms with van der Waals surface area (Å²) < 4.78 is 50.7. The lowest BCUT2D eigenvalue weighted by Crippen LogP contribution is -2.17. The van der Waals surface area contributed by atoms with Gasteiger partial charge >= 0.3 is 6.36 Å². The summed E-state index contributed by atoms with van der Waals surface area (Å²) in [5, 5.41) is 4.39. The highest BCUT2D eigenvalue weighted by Crippen LogP contribution is 2.38. The molecule has 4 rings (SSSR count). The van der Waals surface area contributed by atoms with E-state index in [1.54, 1.807) is 19.1 Å². The molecule has 1 aliphatic rings. The zero-order chi connectivity index (χ0) is 19.7. The summed E-state index contributed by atoms with van der Waals surface area (Å²) >= 11 is 0. The molecular weight excluding hydrogens is 369 g/mol. The number of alkyl halides is 3. The standard InChI is InChI=1S/C21H21F3N2O2/c1-2-27-17-4-5-18(20(13-17)28-21(22,23)24)14-3-6-19-15(11-14)12-16-7-8-25-9-10-26(16)19/h3-6,11-13,25H,2,7-10H2,1H3. The van der Waals surface area contributed by atoms with Gasteiger partial charge in [0.15, 0.2) is 0 Å². The highest BCUT2D eigenvalue weighted by atomic mass is 19.4. The van der Waals surface area contributed by atoms with E-state index < -0.39 is 6.36 Å². The molecule has 0 amide bonds. The van der Waals surface area contributed by atoms with Crippen molar-refractivity contribution in [1.82, 2.24) is 9.88 Å². The van der Waals surface area contributed by atoms with Gasteiger partial charge in [-0.05, 0) is 42.8 Å². The van der Waals surface area contributed by atoms with E-state index in [4.69, 9.17) is 4.74 Å². The predicted octanol–water partition coefficient (Wildman–Crippen LogP) is 4.75. The number of nitrogens with zero attached hydrogens (tertiary/aromatic N) is 1. The molecular formula is C21H21F3N2O2. The molecule has 0 saturated carbocycles. The van der Waals surface area contributed by atoms with Crippen LogP contribution < -0.4 is 14.8 Å². The fourth-order valence-corrected chi connectivity index (χ4v) is 3.71. The second kappa shape index (κ2) is 7.39. The minimum atomic E-state index is -4.77. The summed E-state index contributed by atoms with van der Waals surface area (Å²) in [5.74, 6) is 0.0810. The lowest BCUT2D eigenvalue weighted by molar-refractivity contribution is -0.274. The van der Waals surface area contributed by atoms with E-state index in [-0.39, 0.29) is 5.75 Å². The zero-order valence-electron chi connectivity index (χ0n) is 15.5. The van der Waals surface area contributed by atoms with Gasteiger partial charge in [0.2, 0.25) is 0 Å². The molecule has 0 bridgehead atoms. The number of hydrogen-bond donors (Lipinski definition) is 1. The Balaban J connectivity index is 1.78. The van der Waals surface area contributed by atoms with E-state index in [9.17, 15) is 13.2 Å². The highest BCUT2D eigenvalue weighted by Gasteiger charge is 2.32. The monoisotopic (exact) mass is 390 g/mol. The van der Waals surface area contributed by atoms with Crippen LogP contribution in [0.4, 0.5) is 13.2 Å². The first-order chi connectivity index (χ1) is 13.4. The number of aromatic nitrogens is 1. The van der Waals surface area contributed by atoms with Gasteiger partial charge in [0.25, 0.3) is 0 Å². The van der Waals surface area contributed by atoms with Crippen LogP contribution in [0.5, 0.6) is 11.5 Å². The largest absolute Gasteiger partial charge is 0.573 e. The maximum atomic E-state index is 12.9. The molecule has 0 spiro atoms. The maximum absolute atomic E-state index is 12.9. The van der Waals surface area contributed by atoms with Crippen molar-refractivity contribution in [3.05, 3.63) is 48.2 Å². The van der Waals surface area contributed by atoms with Crippen LogP contribution in [0.25, 0.3) is 22.0 Å². The number of benzene rings is 2. The number of ether oxygens (including phenoxy) is 2. The quantitative estimate of drug-likeness (QED) is 0.698. The Bertz CT molecular complexity index is 995. The normalized spacial score (nSPS) is 14.6. The molecule has 148 valence electrons. The molecule has 0 unspecified atom stereocenters. The number of hydrogen-bond acceptors (Lipinski definition) is 3. The molecule has 28 heavy (non-hydrogen) atoms. The molecule has 0 fully saturated rings. The Hall–Kier alpha value is -2.67. The van der Waals surface area contributed by atoms with Gasteiger partial charge in [0, 0.05) is 54.3 Å². The van der Waals surface area contributed by atoms with Crippen molar-refractivity contribution in [3.63, 3.8) is 0 Å². The third-order valence-electron chi connectivity index (χ3n) is 4.86. The minimum Gasteiger partial charge on any atom is -0.494 e. The first-order valence-electron chi connectivity index (χ1n) is 9.30. The van der Waals surface area contributed by atoms with Crippen molar-refractivity contribution in [2.75, 3.05) is 19.7 Å². The molecule has 3 aromatic rings. The van der Waals surface area contributed by atoms with E-state index >= 15 is 0 Å². The van der Waals surface area contributed by atoms with E-state index in [1.807, 2.05) is 18.2 Å². The van der Waals surface area contributed by atoms with E-state index in [1.165, 1.54) is 11.8 Å². The van der Waals surface area contributed by atoms with E-state index in [0.29, 0.717) is 23.5 Å². The van der Waals surface area contributed by atoms with Crippen LogP contribution in [-0.2, 0) is 13.0 Å². The Kier molecular flexibility index (Phi) is 4.93. The molecule has 0 radical (unpaired) electrons. The lowest BCUT2D eigenvalue weighted by atomic mass is 10.0. The second-order valence-corrected chi connectivity index (χ2v) is 6.70. The predicted molar refractivity (Wildman–Crippen MR) is 102 cm³/mol. The zero-order valence-corrected chi connectivity index (χ0v) is 15.5. The van der Waals surface area contributed by atoms with Crippen molar-refractivity contribution in [2.24, 2.45) is 0 Å². The summed E-state index contributed by atoms with van der Waals surface area (Å²) in [6.45, 7) is 4.84. The van der Waals surface area contributed by atoms with Gasteiger partial charge in [0.05, 0.1) is 6.61 Å². The number of fused-ring (bicyclic) bond motifs is 3. The van der Waals surface area contributed by atoms with Crippen LogP contribution in [0.2, 0.25) is 0 Å². The lowest BCUT2D eigenvalue weighted by Gasteiger charge is -2.15. The van der Waals surface area contributed by atoms with E-state index in [2.05, 4.69) is 20.7 Å². The SMILES string of the molecule is CCOc1ccc(-c2ccc3c(c2)cc2n3CCNCC2)c(OC(F)(F)F)c1. The molecule has 7 heteroatoms. The van der Waals surface area contributed by atoms with Gasteiger partial charge in [0.1, 0.15) is 11.5 Å². The summed E-state index contributed by atoms with van der Waals surface area (Å²) in [7, 11) is 0. The molecule has 0 atom stereocenters. The van der Waals surface area contributed by atoms with E-state index in [0.717, 1.165) is 37.0 Å². The first-order valence-corrected chi connectivity index (χ1v) is 9.30. The summed E-state index contributed by atoms with van der Waals surface area (Å²) in [6, 6.07) is 12.4. The molecule has 1 aromatic heterocycles. The van der Waals surface area contributed by atoms with Crippen molar-refractivity contribution < 1.29 is 22.6 Å². The van der Waals surface area contributed by atoms with Gasteiger partial charge in [-0.1, -0.05) is 6.07 Å². The van der Waals surface area contributed by atoms with Gasteiger partial charge < -0.3 is 19.4 Å². The average molecular weight is 390 g/mol. The third kappa shape index (κ3) is 3.80. The maximum Gasteiger partial charge on any atom is 0.573 e. The summed E-state index contributed by atoms with van der Waals surface area (Å²) in [4.78, 5) is 0. The van der Waals surface area contributed by atoms with Crippen molar-refractivity contribution in [3.8, 4) is 22.6 Å². The van der Waals surface area contributed by atoms with Crippen LogP contribution in [0.3, 0.4) is 0 Å². The van der Waals surface area contributed by atoms with Crippen LogP contribution >= 0.6 is 0 Å². The fourth-order valence-electron chi connectivity index (χ4n) is 3.71. The van der Waals surface area contributed by atoms with Crippen molar-refractivity contribution >= 4 is 10.9 Å². The van der Waals surface area contributed by atoms with Crippen molar-refractivity contribution in [1.29, 1.82) is 0 Å². The smallest absolute Gasteiger partial charge is 0.494 e. The van der Waals surface area contributed by atoms with Gasteiger partial charge in [-0.15, -0.1) is 13.2 Å². The Morgan fingerprint density at radius 3 is 2.71 bits per heavy atom. The Morgan fingerprint density at radius 1 is 1.07 bits per heavy atom. The number of rotatable bonds is 4. The summed E-state index contributed by atoms with van der Waals surface area (Å²) in [6.07, 6.45) is -3.85. The molecule has 0 aliphatic carbocycles. The van der Waals surface area contributed by atoms with Crippen molar-refractivity contribution in [2.45, 2.75) is 26.3 Å². The molecule has 0 saturated heterocycles. The third-order valence-corrected chi connectivity index (χ3v) is 4.86. The van der Waals surface area contributed by atoms with Gasteiger partial charge in [-0.2, -0.15) is 0 Å². The van der Waals surface area contributed by atoms with Gasteiger partial charge in [-0.3, -0.25) is 0 Å². The van der Waals surface area contributed by atoms with Crippen LogP contribution in [-0.4, -0.2) is 30.6 Å². The van der Waals surface area contributed by atoms with Crippen LogP contribution in [0.15, 0.2) is 42.5 Å². The second-order valence-electron chi connectivity index (χ2n) is 6.70. The van der Waals surface area contributed by atoms with Crippen LogP contribution in [0.1, 0.15) is 12.6 Å². The number of nitrogens with one attached hydrogen (secondary N) is 1. The first kappa shape index (κ1) is 18.7. The van der Waals surface area contributed by atoms with Gasteiger partial charge in [-0.25, -0.2) is 0 Å². The molecule has 2 aromatic carbocycles. The molecule has 4 nitrogen and oxygen atoms in total. The topological polar surface area (TPSA) is 35.4 Å². The highest BCUT2D eigenvalue weighted by molar-refractivity contribution is 5.88. The Labute approximate surface area is 160 Å².